The number of likely N-dealkylation sites (tertiary alicyclic amines) is 1. The highest BCUT2D eigenvalue weighted by atomic mass is 16.3. The molecule has 2 heterocycles. The van der Waals surface area contributed by atoms with E-state index in [9.17, 15) is 4.79 Å². The van der Waals surface area contributed by atoms with Crippen molar-refractivity contribution in [2.24, 2.45) is 5.73 Å². The van der Waals surface area contributed by atoms with Gasteiger partial charge >= 0.3 is 0 Å². The lowest BCUT2D eigenvalue weighted by molar-refractivity contribution is -0.121. The van der Waals surface area contributed by atoms with Gasteiger partial charge in [0.15, 0.2) is 6.39 Å². The second-order valence-corrected chi connectivity index (χ2v) is 4.94. The predicted octanol–water partition coefficient (Wildman–Crippen LogP) is 0.494. The fourth-order valence-electron chi connectivity index (χ4n) is 2.47. The third kappa shape index (κ3) is 4.33. The minimum atomic E-state index is 0.0365. The topological polar surface area (TPSA) is 84.4 Å². The summed E-state index contributed by atoms with van der Waals surface area (Å²) in [6.07, 6.45) is 7.06. The number of nitrogens with one attached hydrogen (secondary N) is 1. The standard InChI is InChI=1S/C13H22N4O2/c14-5-4-13(18)15-7-12-3-1-2-6-17(12)8-11-9-19-10-16-11/h9-10,12H,1-8,14H2,(H,15,18). The van der Waals surface area contributed by atoms with E-state index >= 15 is 0 Å². The molecule has 1 aromatic rings. The smallest absolute Gasteiger partial charge is 0.221 e. The van der Waals surface area contributed by atoms with Crippen LogP contribution in [0.4, 0.5) is 0 Å². The molecule has 1 unspecified atom stereocenters. The zero-order valence-corrected chi connectivity index (χ0v) is 11.2. The number of rotatable bonds is 6. The number of nitrogens with two attached hydrogens (primary N) is 1. The summed E-state index contributed by atoms with van der Waals surface area (Å²) in [5.74, 6) is 0.0365. The first-order valence-electron chi connectivity index (χ1n) is 6.87. The molecular formula is C13H22N4O2. The average Bonchev–Trinajstić information content (AvgIpc) is 2.91. The molecule has 1 aliphatic heterocycles. The Hall–Kier alpha value is -1.40. The van der Waals surface area contributed by atoms with E-state index in [2.05, 4.69) is 15.2 Å². The summed E-state index contributed by atoms with van der Waals surface area (Å²) in [5.41, 5.74) is 6.31. The molecule has 19 heavy (non-hydrogen) atoms. The van der Waals surface area contributed by atoms with E-state index in [1.807, 2.05) is 0 Å². The number of oxazole rings is 1. The second-order valence-electron chi connectivity index (χ2n) is 4.94. The Kier molecular flexibility index (Phi) is 5.35. The molecule has 2 rings (SSSR count). The number of carbonyl (C=O) groups is 1. The highest BCUT2D eigenvalue weighted by Gasteiger charge is 2.23. The van der Waals surface area contributed by atoms with Crippen molar-refractivity contribution in [3.63, 3.8) is 0 Å². The summed E-state index contributed by atoms with van der Waals surface area (Å²) in [4.78, 5) is 18.0. The normalized spacial score (nSPS) is 20.4. The van der Waals surface area contributed by atoms with Crippen molar-refractivity contribution in [2.45, 2.75) is 38.3 Å². The van der Waals surface area contributed by atoms with E-state index in [1.165, 1.54) is 19.2 Å². The van der Waals surface area contributed by atoms with Crippen LogP contribution in [0.15, 0.2) is 17.1 Å². The molecule has 1 saturated heterocycles. The minimum Gasteiger partial charge on any atom is -0.451 e. The molecular weight excluding hydrogens is 244 g/mol. The van der Waals surface area contributed by atoms with Crippen LogP contribution < -0.4 is 11.1 Å². The van der Waals surface area contributed by atoms with Crippen molar-refractivity contribution >= 4 is 5.91 Å². The maximum Gasteiger partial charge on any atom is 0.221 e. The van der Waals surface area contributed by atoms with Gasteiger partial charge in [0, 0.05) is 32.1 Å². The molecule has 1 aliphatic rings. The van der Waals surface area contributed by atoms with Crippen molar-refractivity contribution in [1.29, 1.82) is 0 Å². The van der Waals surface area contributed by atoms with Crippen molar-refractivity contribution in [2.75, 3.05) is 19.6 Å². The number of aromatic nitrogens is 1. The summed E-state index contributed by atoms with van der Waals surface area (Å²) in [7, 11) is 0. The summed E-state index contributed by atoms with van der Waals surface area (Å²) in [5, 5.41) is 2.96. The van der Waals surface area contributed by atoms with Crippen molar-refractivity contribution in [3.05, 3.63) is 18.4 Å². The van der Waals surface area contributed by atoms with Gasteiger partial charge in [0.1, 0.15) is 6.26 Å². The quantitative estimate of drug-likeness (QED) is 0.783. The van der Waals surface area contributed by atoms with Crippen LogP contribution in [0.2, 0.25) is 0 Å². The number of hydrogen-bond donors (Lipinski definition) is 2. The zero-order chi connectivity index (χ0) is 13.5. The molecule has 1 amide bonds. The van der Waals surface area contributed by atoms with Crippen LogP contribution in [-0.2, 0) is 11.3 Å². The molecule has 1 fully saturated rings. The number of hydrogen-bond acceptors (Lipinski definition) is 5. The molecule has 6 nitrogen and oxygen atoms in total. The van der Waals surface area contributed by atoms with Crippen molar-refractivity contribution in [3.8, 4) is 0 Å². The first-order valence-corrected chi connectivity index (χ1v) is 6.87. The molecule has 6 heteroatoms. The van der Waals surface area contributed by atoms with E-state index in [1.54, 1.807) is 6.26 Å². The molecule has 0 aliphatic carbocycles. The highest BCUT2D eigenvalue weighted by molar-refractivity contribution is 5.76. The minimum absolute atomic E-state index is 0.0365. The molecule has 0 radical (unpaired) electrons. The Morgan fingerprint density at radius 3 is 3.21 bits per heavy atom. The Labute approximate surface area is 113 Å². The van der Waals surface area contributed by atoms with Gasteiger partial charge in [-0.3, -0.25) is 9.69 Å². The highest BCUT2D eigenvalue weighted by Crippen LogP contribution is 2.18. The van der Waals surface area contributed by atoms with E-state index in [0.29, 0.717) is 25.6 Å². The molecule has 1 atom stereocenters. The molecule has 106 valence electrons. The largest absolute Gasteiger partial charge is 0.451 e. The van der Waals surface area contributed by atoms with E-state index < -0.39 is 0 Å². The first kappa shape index (κ1) is 14.0. The molecule has 0 bridgehead atoms. The lowest BCUT2D eigenvalue weighted by Crippen LogP contribution is -2.46. The van der Waals surface area contributed by atoms with Crippen LogP contribution in [0.5, 0.6) is 0 Å². The van der Waals surface area contributed by atoms with Crippen LogP contribution in [-0.4, -0.2) is 41.5 Å². The maximum absolute atomic E-state index is 11.5. The number of piperidine rings is 1. The van der Waals surface area contributed by atoms with E-state index in [0.717, 1.165) is 25.2 Å². The van der Waals surface area contributed by atoms with Gasteiger partial charge in [-0.25, -0.2) is 4.98 Å². The Morgan fingerprint density at radius 1 is 1.58 bits per heavy atom. The van der Waals surface area contributed by atoms with Crippen molar-refractivity contribution in [1.82, 2.24) is 15.2 Å². The number of amides is 1. The fourth-order valence-corrected chi connectivity index (χ4v) is 2.47. The summed E-state index contributed by atoms with van der Waals surface area (Å²) < 4.78 is 5.00. The third-order valence-electron chi connectivity index (χ3n) is 3.50. The summed E-state index contributed by atoms with van der Waals surface area (Å²) in [6.45, 7) is 2.92. The SMILES string of the molecule is NCCC(=O)NCC1CCCCN1Cc1cocn1. The second kappa shape index (κ2) is 7.25. The Bertz CT molecular complexity index is 380. The summed E-state index contributed by atoms with van der Waals surface area (Å²) in [6, 6.07) is 0.382. The average molecular weight is 266 g/mol. The van der Waals surface area contributed by atoms with Gasteiger partial charge < -0.3 is 15.5 Å². The van der Waals surface area contributed by atoms with Gasteiger partial charge in [-0.1, -0.05) is 6.42 Å². The van der Waals surface area contributed by atoms with Crippen molar-refractivity contribution < 1.29 is 9.21 Å². The van der Waals surface area contributed by atoms with Crippen LogP contribution >= 0.6 is 0 Å². The van der Waals surface area contributed by atoms with Gasteiger partial charge in [-0.15, -0.1) is 0 Å². The van der Waals surface area contributed by atoms with E-state index in [4.69, 9.17) is 10.2 Å². The Balaban J connectivity index is 1.83. The van der Waals surface area contributed by atoms with Gasteiger partial charge in [-0.05, 0) is 19.4 Å². The monoisotopic (exact) mass is 266 g/mol. The predicted molar refractivity (Wildman–Crippen MR) is 71.2 cm³/mol. The number of nitrogens with zero attached hydrogens (tertiary/aromatic N) is 2. The van der Waals surface area contributed by atoms with E-state index in [-0.39, 0.29) is 5.91 Å². The fraction of sp³-hybridized carbons (Fsp3) is 0.692. The van der Waals surface area contributed by atoms with Gasteiger partial charge in [-0.2, -0.15) is 0 Å². The van der Waals surface area contributed by atoms with Crippen LogP contribution in [0, 0.1) is 0 Å². The molecule has 3 N–H and O–H groups in total. The third-order valence-corrected chi connectivity index (χ3v) is 3.50. The molecule has 0 aromatic carbocycles. The maximum atomic E-state index is 11.5. The lowest BCUT2D eigenvalue weighted by atomic mass is 10.0. The molecule has 1 aromatic heterocycles. The first-order chi connectivity index (χ1) is 9.29. The Morgan fingerprint density at radius 2 is 2.47 bits per heavy atom. The van der Waals surface area contributed by atoms with Gasteiger partial charge in [0.05, 0.1) is 5.69 Å². The van der Waals surface area contributed by atoms with Crippen LogP contribution in [0.25, 0.3) is 0 Å². The summed E-state index contributed by atoms with van der Waals surface area (Å²) >= 11 is 0. The number of carbonyl (C=O) groups excluding carboxylic acids is 1. The van der Waals surface area contributed by atoms with Gasteiger partial charge in [0.2, 0.25) is 5.91 Å². The van der Waals surface area contributed by atoms with Gasteiger partial charge in [0.25, 0.3) is 0 Å². The lowest BCUT2D eigenvalue weighted by Gasteiger charge is -2.35. The zero-order valence-electron chi connectivity index (χ0n) is 11.2. The van der Waals surface area contributed by atoms with Crippen LogP contribution in [0.3, 0.4) is 0 Å². The van der Waals surface area contributed by atoms with Crippen LogP contribution in [0.1, 0.15) is 31.4 Å². The molecule has 0 spiro atoms. The molecule has 0 saturated carbocycles.